The number of nitrogen functional groups attached to an aromatic ring is 1. The number of carbonyl (C=O) groups excluding carboxylic acids is 2. The van der Waals surface area contributed by atoms with Gasteiger partial charge in [-0.05, 0) is 18.8 Å². The van der Waals surface area contributed by atoms with E-state index in [1.807, 2.05) is 13.8 Å². The van der Waals surface area contributed by atoms with Gasteiger partial charge in [0.1, 0.15) is 11.9 Å². The van der Waals surface area contributed by atoms with Gasteiger partial charge in [-0.1, -0.05) is 124 Å². The zero-order valence-corrected chi connectivity index (χ0v) is 28.9. The quantitative estimate of drug-likeness (QED) is 0.0594. The van der Waals surface area contributed by atoms with Gasteiger partial charge in [-0.2, -0.15) is 4.98 Å². The molecule has 46 heavy (non-hydrogen) atoms. The third kappa shape index (κ3) is 16.6. The molecule has 0 spiro atoms. The molecule has 0 radical (unpaired) electrons. The number of imidazole rings is 1. The number of nitrogens with two attached hydrogens (primary N) is 2. The molecule has 2 aromatic rings. The number of anilines is 1. The van der Waals surface area contributed by atoms with Crippen molar-refractivity contribution >= 4 is 29.1 Å². The predicted octanol–water partition coefficient (Wildman–Crippen LogP) is 6.89. The van der Waals surface area contributed by atoms with E-state index in [0.717, 1.165) is 19.3 Å². The normalized spacial score (nSPS) is 12.9. The minimum atomic E-state index is -0.695. The smallest absolute Gasteiger partial charge is 0.323 e. The number of nitrogens with zero attached hydrogens (tertiary/aromatic N) is 2. The molecular weight excluding hydrogens is 584 g/mol. The Bertz CT molecular complexity index is 1180. The molecule has 0 saturated heterocycles. The highest BCUT2D eigenvalue weighted by atomic mass is 16.5. The SMILES string of the molecule is CCCCCCCCCCCCCCCCCCCC(=O)OCC(CCOC(=O)[C@@H](N)C(C)C)Cc1nc2nc(N)[nH]c(=O)c2[nH]1. The largest absolute Gasteiger partial charge is 0.465 e. The van der Waals surface area contributed by atoms with E-state index in [9.17, 15) is 14.4 Å². The zero-order chi connectivity index (χ0) is 33.6. The Morgan fingerprint density at radius 3 is 1.87 bits per heavy atom. The van der Waals surface area contributed by atoms with Crippen LogP contribution in [0.2, 0.25) is 0 Å². The van der Waals surface area contributed by atoms with Gasteiger partial charge in [-0.3, -0.25) is 19.4 Å². The van der Waals surface area contributed by atoms with Crippen LogP contribution in [0, 0.1) is 11.8 Å². The van der Waals surface area contributed by atoms with Gasteiger partial charge in [0.25, 0.3) is 5.56 Å². The summed E-state index contributed by atoms with van der Waals surface area (Å²) < 4.78 is 11.0. The van der Waals surface area contributed by atoms with Crippen molar-refractivity contribution in [3.63, 3.8) is 0 Å². The molecule has 0 amide bonds. The lowest BCUT2D eigenvalue weighted by molar-refractivity contribution is -0.149. The van der Waals surface area contributed by atoms with Crippen LogP contribution in [0.1, 0.15) is 149 Å². The molecule has 11 nitrogen and oxygen atoms in total. The van der Waals surface area contributed by atoms with Crippen LogP contribution in [0.4, 0.5) is 5.95 Å². The van der Waals surface area contributed by atoms with Gasteiger partial charge in [0.2, 0.25) is 5.95 Å². The number of H-pyrrole nitrogens is 2. The summed E-state index contributed by atoms with van der Waals surface area (Å²) in [5, 5.41) is 0. The van der Waals surface area contributed by atoms with E-state index in [1.54, 1.807) is 0 Å². The van der Waals surface area contributed by atoms with Crippen molar-refractivity contribution in [2.45, 2.75) is 155 Å². The summed E-state index contributed by atoms with van der Waals surface area (Å²) >= 11 is 0. The average molecular weight is 647 g/mol. The molecule has 0 aliphatic heterocycles. The molecule has 0 aliphatic rings. The van der Waals surface area contributed by atoms with Crippen LogP contribution >= 0.6 is 0 Å². The fourth-order valence-corrected chi connectivity index (χ4v) is 5.56. The molecule has 2 heterocycles. The first-order valence-corrected chi connectivity index (χ1v) is 18.0. The Morgan fingerprint density at radius 2 is 1.33 bits per heavy atom. The predicted molar refractivity (Wildman–Crippen MR) is 184 cm³/mol. The zero-order valence-electron chi connectivity index (χ0n) is 28.9. The second-order valence-electron chi connectivity index (χ2n) is 13.2. The van der Waals surface area contributed by atoms with Gasteiger partial charge in [0, 0.05) is 18.8 Å². The number of aromatic amines is 2. The van der Waals surface area contributed by atoms with Gasteiger partial charge in [0.05, 0.1) is 13.2 Å². The summed E-state index contributed by atoms with van der Waals surface area (Å²) in [6, 6.07) is -0.695. The van der Waals surface area contributed by atoms with Crippen LogP contribution in [-0.2, 0) is 25.5 Å². The number of esters is 2. The highest BCUT2D eigenvalue weighted by Crippen LogP contribution is 2.17. The molecule has 11 heteroatoms. The van der Waals surface area contributed by atoms with E-state index in [1.165, 1.54) is 89.9 Å². The molecule has 1 unspecified atom stereocenters. The van der Waals surface area contributed by atoms with Crippen molar-refractivity contribution in [1.82, 2.24) is 19.9 Å². The Hall–Kier alpha value is -2.95. The number of ether oxygens (including phenoxy) is 2. The maximum absolute atomic E-state index is 12.5. The van der Waals surface area contributed by atoms with E-state index in [-0.39, 0.29) is 48.1 Å². The third-order valence-electron chi connectivity index (χ3n) is 8.64. The number of rotatable bonds is 27. The topological polar surface area (TPSA) is 179 Å². The summed E-state index contributed by atoms with van der Waals surface area (Å²) in [7, 11) is 0. The van der Waals surface area contributed by atoms with Crippen LogP contribution in [0.3, 0.4) is 0 Å². The number of hydrogen-bond donors (Lipinski definition) is 4. The Labute approximate surface area is 275 Å². The Morgan fingerprint density at radius 1 is 0.783 bits per heavy atom. The van der Waals surface area contributed by atoms with Crippen LogP contribution in [0.25, 0.3) is 11.2 Å². The lowest BCUT2D eigenvalue weighted by Crippen LogP contribution is -2.37. The van der Waals surface area contributed by atoms with Gasteiger partial charge in [0.15, 0.2) is 11.2 Å². The Balaban J connectivity index is 1.62. The standard InChI is InChI=1S/C35H62N6O5/c1-4-5-6-7-8-9-10-11-12-13-14-15-16-17-18-19-20-21-29(42)46-25-27(22-23-45-34(44)30(36)26(2)3)24-28-38-31-32(39-28)40-35(37)41-33(31)43/h26-27,30H,4-25,36H2,1-3H3,(H4,37,38,39,40,41,43)/t27?,30-/m0/s1. The van der Waals surface area contributed by atoms with Gasteiger partial charge in [-0.25, -0.2) is 4.98 Å². The van der Waals surface area contributed by atoms with E-state index in [0.29, 0.717) is 25.1 Å². The van der Waals surface area contributed by atoms with Crippen LogP contribution in [0.15, 0.2) is 4.79 Å². The van der Waals surface area contributed by atoms with Gasteiger partial charge < -0.3 is 25.9 Å². The number of nitrogens with one attached hydrogen (secondary N) is 2. The van der Waals surface area contributed by atoms with Crippen molar-refractivity contribution in [2.75, 3.05) is 18.9 Å². The molecule has 0 aromatic carbocycles. The van der Waals surface area contributed by atoms with Gasteiger partial charge >= 0.3 is 11.9 Å². The second-order valence-corrected chi connectivity index (χ2v) is 13.2. The summed E-state index contributed by atoms with van der Waals surface area (Å²) in [6.45, 7) is 6.27. The summed E-state index contributed by atoms with van der Waals surface area (Å²) in [5.41, 5.74) is 11.6. The van der Waals surface area contributed by atoms with Crippen molar-refractivity contribution in [1.29, 1.82) is 0 Å². The number of fused-ring (bicyclic) bond motifs is 1. The molecule has 0 fully saturated rings. The molecule has 0 saturated carbocycles. The van der Waals surface area contributed by atoms with E-state index in [2.05, 4.69) is 26.9 Å². The average Bonchev–Trinajstić information content (AvgIpc) is 3.43. The molecule has 6 N–H and O–H groups in total. The highest BCUT2D eigenvalue weighted by Gasteiger charge is 2.21. The maximum atomic E-state index is 12.5. The van der Waals surface area contributed by atoms with E-state index < -0.39 is 17.6 Å². The second kappa shape index (κ2) is 23.4. The summed E-state index contributed by atoms with van der Waals surface area (Å²) in [5.74, 6) is -0.427. The molecule has 2 atom stereocenters. The van der Waals surface area contributed by atoms with Crippen molar-refractivity contribution < 1.29 is 19.1 Å². The van der Waals surface area contributed by atoms with Crippen LogP contribution in [-0.4, -0.2) is 51.1 Å². The van der Waals surface area contributed by atoms with Crippen molar-refractivity contribution in [2.24, 2.45) is 17.6 Å². The minimum Gasteiger partial charge on any atom is -0.465 e. The highest BCUT2D eigenvalue weighted by molar-refractivity contribution is 5.75. The number of hydrogen-bond acceptors (Lipinski definition) is 9. The number of unbranched alkanes of at least 4 members (excludes halogenated alkanes) is 16. The molecule has 0 bridgehead atoms. The van der Waals surface area contributed by atoms with Crippen molar-refractivity contribution in [3.8, 4) is 0 Å². The van der Waals surface area contributed by atoms with Gasteiger partial charge in [-0.15, -0.1) is 0 Å². The molecule has 2 aromatic heterocycles. The summed E-state index contributed by atoms with van der Waals surface area (Å²) in [6.07, 6.45) is 23.2. The monoisotopic (exact) mass is 646 g/mol. The fourth-order valence-electron chi connectivity index (χ4n) is 5.56. The Kier molecular flexibility index (Phi) is 19.9. The first-order valence-electron chi connectivity index (χ1n) is 18.0. The number of aromatic nitrogens is 4. The van der Waals surface area contributed by atoms with Crippen LogP contribution in [0.5, 0.6) is 0 Å². The van der Waals surface area contributed by atoms with E-state index >= 15 is 0 Å². The molecule has 0 aliphatic carbocycles. The molecule has 262 valence electrons. The maximum Gasteiger partial charge on any atom is 0.323 e. The molecule has 2 rings (SSSR count). The minimum absolute atomic E-state index is 0.0150. The van der Waals surface area contributed by atoms with Crippen molar-refractivity contribution in [3.05, 3.63) is 16.2 Å². The first-order chi connectivity index (χ1) is 22.2. The summed E-state index contributed by atoms with van der Waals surface area (Å²) in [4.78, 5) is 50.8. The lowest BCUT2D eigenvalue weighted by atomic mass is 10.0. The lowest BCUT2D eigenvalue weighted by Gasteiger charge is -2.18. The number of carbonyl (C=O) groups is 2. The molecular formula is C35H62N6O5. The first kappa shape index (κ1) is 39.2. The van der Waals surface area contributed by atoms with E-state index in [4.69, 9.17) is 20.9 Å². The third-order valence-corrected chi connectivity index (χ3v) is 8.64. The van der Waals surface area contributed by atoms with Crippen LogP contribution < -0.4 is 17.0 Å². The fraction of sp³-hybridized carbons (Fsp3) is 0.800.